The molecule has 9 nitrogen and oxygen atoms in total. The lowest BCUT2D eigenvalue weighted by molar-refractivity contribution is -0.274. The Morgan fingerprint density at radius 2 is 1.40 bits per heavy atom. The maximum Gasteiger partial charge on any atom is 0.573 e. The molecule has 3 N–H and O–H groups in total. The summed E-state index contributed by atoms with van der Waals surface area (Å²) < 4.78 is 41.9. The van der Waals surface area contributed by atoms with E-state index in [9.17, 15) is 22.8 Å². The highest BCUT2D eigenvalue weighted by Gasteiger charge is 2.58. The quantitative estimate of drug-likeness (QED) is 0.277. The highest BCUT2D eigenvalue weighted by molar-refractivity contribution is 6.24. The fourth-order valence-electron chi connectivity index (χ4n) is 5.07. The summed E-state index contributed by atoms with van der Waals surface area (Å²) in [6.45, 7) is 8.89. The first-order chi connectivity index (χ1) is 19.0. The predicted molar refractivity (Wildman–Crippen MR) is 146 cm³/mol. The predicted octanol–water partition coefficient (Wildman–Crippen LogP) is 5.64. The van der Waals surface area contributed by atoms with E-state index in [0.29, 0.717) is 24.7 Å². The zero-order chi connectivity index (χ0) is 29.1. The third kappa shape index (κ3) is 5.65. The lowest BCUT2D eigenvalue weighted by Gasteiger charge is -2.39. The van der Waals surface area contributed by atoms with Crippen LogP contribution in [0.3, 0.4) is 0 Å². The van der Waals surface area contributed by atoms with E-state index in [1.165, 1.54) is 12.1 Å². The molecule has 3 amide bonds. The summed E-state index contributed by atoms with van der Waals surface area (Å²) >= 11 is 0. The third-order valence-electron chi connectivity index (χ3n) is 7.05. The molecule has 3 aromatic rings. The number of nitrogens with zero attached hydrogens (tertiary/aromatic N) is 3. The number of amides is 3. The molecule has 0 radical (unpaired) electrons. The Balaban J connectivity index is 1.79. The van der Waals surface area contributed by atoms with Gasteiger partial charge in [0.15, 0.2) is 0 Å². The fraction of sp³-hybridized carbons (Fsp3) is 0.357. The molecule has 12 heteroatoms. The zero-order valence-electron chi connectivity index (χ0n) is 22.5. The van der Waals surface area contributed by atoms with Crippen molar-refractivity contribution in [2.75, 3.05) is 28.6 Å². The Bertz CT molecular complexity index is 1310. The number of nitrogens with one attached hydrogen (secondary N) is 3. The number of carbonyl (C=O) groups is 2. The molecule has 0 aliphatic carbocycles. The van der Waals surface area contributed by atoms with Crippen molar-refractivity contribution in [1.82, 2.24) is 15.3 Å². The van der Waals surface area contributed by atoms with Crippen molar-refractivity contribution in [1.29, 1.82) is 0 Å². The standard InChI is InChI=1S/C28H31F3N6O3/c1-5-32-23-15-19(11-13-34-23)17(3)27(18(4)20-12-14-35-24(16-20)33-6-2)25(38)37(26(39)36-27)21-7-9-22(10-8-21)40-28(29,30)31/h7-18H,5-6H2,1-4H3,(H,32,34)(H,33,35)(H,36,39). The molecule has 1 aliphatic rings. The number of pyridine rings is 2. The molecule has 2 aromatic heterocycles. The molecule has 2 unspecified atom stereocenters. The molecule has 1 aromatic carbocycles. The molecule has 1 aliphatic heterocycles. The van der Waals surface area contributed by atoms with Gasteiger partial charge in [-0.1, -0.05) is 13.8 Å². The van der Waals surface area contributed by atoms with Gasteiger partial charge < -0.3 is 20.7 Å². The van der Waals surface area contributed by atoms with Gasteiger partial charge in [0.1, 0.15) is 22.9 Å². The van der Waals surface area contributed by atoms with Gasteiger partial charge in [-0.3, -0.25) is 4.79 Å². The van der Waals surface area contributed by atoms with Gasteiger partial charge in [-0.2, -0.15) is 0 Å². The van der Waals surface area contributed by atoms with Gasteiger partial charge in [0, 0.05) is 37.3 Å². The number of hydrogen-bond donors (Lipinski definition) is 3. The Morgan fingerprint density at radius 1 is 0.900 bits per heavy atom. The highest BCUT2D eigenvalue weighted by Crippen LogP contribution is 2.45. The number of imide groups is 1. The molecule has 1 saturated heterocycles. The number of hydrogen-bond acceptors (Lipinski definition) is 7. The maximum atomic E-state index is 14.4. The molecule has 0 bridgehead atoms. The van der Waals surface area contributed by atoms with E-state index in [1.54, 1.807) is 24.5 Å². The SMILES string of the molecule is CCNc1cc(C(C)C2(C(C)c3ccnc(NCC)c3)NC(=O)N(c3ccc(OC(F)(F)F)cc3)C2=O)ccn1. The normalized spacial score (nSPS) is 18.7. The number of rotatable bonds is 10. The molecule has 212 valence electrons. The second-order valence-electron chi connectivity index (χ2n) is 9.43. The van der Waals surface area contributed by atoms with Gasteiger partial charge >= 0.3 is 12.4 Å². The van der Waals surface area contributed by atoms with E-state index in [0.717, 1.165) is 28.2 Å². The summed E-state index contributed by atoms with van der Waals surface area (Å²) in [5, 5.41) is 9.29. The van der Waals surface area contributed by atoms with Gasteiger partial charge in [-0.05, 0) is 73.5 Å². The van der Waals surface area contributed by atoms with Crippen LogP contribution in [0.15, 0.2) is 60.9 Å². The summed E-state index contributed by atoms with van der Waals surface area (Å²) in [4.78, 5) is 37.4. The average molecular weight is 557 g/mol. The molecular weight excluding hydrogens is 525 g/mol. The first-order valence-corrected chi connectivity index (χ1v) is 12.9. The number of aromatic nitrogens is 2. The van der Waals surface area contributed by atoms with Crippen molar-refractivity contribution in [2.45, 2.75) is 51.4 Å². The van der Waals surface area contributed by atoms with E-state index in [-0.39, 0.29) is 5.69 Å². The number of benzene rings is 1. The van der Waals surface area contributed by atoms with Crippen LogP contribution in [0, 0.1) is 0 Å². The first-order valence-electron chi connectivity index (χ1n) is 12.9. The molecule has 1 fully saturated rings. The molecule has 3 heterocycles. The summed E-state index contributed by atoms with van der Waals surface area (Å²) in [6, 6.07) is 11.2. The summed E-state index contributed by atoms with van der Waals surface area (Å²) in [6.07, 6.45) is -1.60. The van der Waals surface area contributed by atoms with E-state index in [2.05, 4.69) is 30.7 Å². The number of urea groups is 1. The van der Waals surface area contributed by atoms with Crippen LogP contribution in [0.4, 0.5) is 35.3 Å². The minimum atomic E-state index is -4.87. The van der Waals surface area contributed by atoms with E-state index in [1.807, 2.05) is 39.8 Å². The summed E-state index contributed by atoms with van der Waals surface area (Å²) in [5.41, 5.74) is 0.198. The van der Waals surface area contributed by atoms with Gasteiger partial charge in [-0.25, -0.2) is 19.7 Å². The van der Waals surface area contributed by atoms with Gasteiger partial charge in [0.25, 0.3) is 5.91 Å². The van der Waals surface area contributed by atoms with Crippen LogP contribution in [-0.2, 0) is 4.79 Å². The Kier molecular flexibility index (Phi) is 8.17. The van der Waals surface area contributed by atoms with Crippen molar-refractivity contribution in [3.05, 3.63) is 72.1 Å². The van der Waals surface area contributed by atoms with E-state index < -0.39 is 41.4 Å². The molecule has 4 rings (SSSR count). The van der Waals surface area contributed by atoms with E-state index in [4.69, 9.17) is 0 Å². The number of ether oxygens (including phenoxy) is 1. The fourth-order valence-corrected chi connectivity index (χ4v) is 5.07. The van der Waals surface area contributed by atoms with Crippen molar-refractivity contribution >= 4 is 29.3 Å². The molecule has 40 heavy (non-hydrogen) atoms. The summed E-state index contributed by atoms with van der Waals surface area (Å²) in [5.74, 6) is -0.813. The van der Waals surface area contributed by atoms with Gasteiger partial charge in [-0.15, -0.1) is 13.2 Å². The Morgan fingerprint density at radius 3 is 1.85 bits per heavy atom. The van der Waals surface area contributed by atoms with E-state index >= 15 is 0 Å². The monoisotopic (exact) mass is 556 g/mol. The van der Waals surface area contributed by atoms with Crippen LogP contribution in [-0.4, -0.2) is 46.9 Å². The van der Waals surface area contributed by atoms with Gasteiger partial charge in [0.2, 0.25) is 0 Å². The minimum absolute atomic E-state index is 0.115. The molecule has 0 saturated carbocycles. The summed E-state index contributed by atoms with van der Waals surface area (Å²) in [7, 11) is 0. The number of halogens is 3. The average Bonchev–Trinajstić information content (AvgIpc) is 3.18. The van der Waals surface area contributed by atoms with Crippen molar-refractivity contribution in [2.24, 2.45) is 0 Å². The second-order valence-corrected chi connectivity index (χ2v) is 9.43. The van der Waals surface area contributed by atoms with Crippen LogP contribution in [0.5, 0.6) is 5.75 Å². The third-order valence-corrected chi connectivity index (χ3v) is 7.05. The van der Waals surface area contributed by atoms with Crippen LogP contribution in [0.2, 0.25) is 0 Å². The minimum Gasteiger partial charge on any atom is -0.406 e. The van der Waals surface area contributed by atoms with Crippen molar-refractivity contribution in [3.63, 3.8) is 0 Å². The number of alkyl halides is 3. The topological polar surface area (TPSA) is 108 Å². The highest BCUT2D eigenvalue weighted by atomic mass is 19.4. The lowest BCUT2D eigenvalue weighted by atomic mass is 9.70. The number of carbonyl (C=O) groups excluding carboxylic acids is 2. The van der Waals surface area contributed by atoms with Crippen molar-refractivity contribution in [3.8, 4) is 5.75 Å². The van der Waals surface area contributed by atoms with Crippen molar-refractivity contribution < 1.29 is 27.5 Å². The first kappa shape index (κ1) is 28.7. The lowest BCUT2D eigenvalue weighted by Crippen LogP contribution is -2.55. The van der Waals surface area contributed by atoms with Crippen LogP contribution >= 0.6 is 0 Å². The Labute approximate surface area is 230 Å². The second kappa shape index (κ2) is 11.4. The number of anilines is 3. The van der Waals surface area contributed by atoms with Crippen LogP contribution < -0.4 is 25.6 Å². The van der Waals surface area contributed by atoms with Crippen LogP contribution in [0.25, 0.3) is 0 Å². The van der Waals surface area contributed by atoms with Gasteiger partial charge in [0.05, 0.1) is 5.69 Å². The van der Waals surface area contributed by atoms with Crippen LogP contribution in [0.1, 0.15) is 50.7 Å². The molecule has 0 spiro atoms. The largest absolute Gasteiger partial charge is 0.573 e. The molecular formula is C28H31F3N6O3. The maximum absolute atomic E-state index is 14.4. The zero-order valence-corrected chi connectivity index (χ0v) is 22.5. The molecule has 2 atom stereocenters. The Hall–Kier alpha value is -4.35. The smallest absolute Gasteiger partial charge is 0.406 e.